The summed E-state index contributed by atoms with van der Waals surface area (Å²) in [6.45, 7) is 5.34. The van der Waals surface area contributed by atoms with Gasteiger partial charge in [-0.1, -0.05) is 19.1 Å². The highest BCUT2D eigenvalue weighted by molar-refractivity contribution is 5.27. The van der Waals surface area contributed by atoms with Crippen LogP contribution in [0.2, 0.25) is 0 Å². The highest BCUT2D eigenvalue weighted by atomic mass is 16.5. The number of rotatable bonds is 4. The smallest absolute Gasteiger partial charge is 0.119 e. The topological polar surface area (TPSA) is 21.3 Å². The third-order valence-corrected chi connectivity index (χ3v) is 3.41. The molecule has 0 saturated heterocycles. The first-order chi connectivity index (χ1) is 8.28. The van der Waals surface area contributed by atoms with Crippen LogP contribution in [-0.4, -0.2) is 18.7 Å². The molecule has 0 bridgehead atoms. The van der Waals surface area contributed by atoms with E-state index in [9.17, 15) is 0 Å². The maximum atomic E-state index is 6.07. The van der Waals surface area contributed by atoms with E-state index in [1.54, 1.807) is 0 Å². The highest BCUT2D eigenvalue weighted by Crippen LogP contribution is 2.24. The molecule has 1 aliphatic rings. The van der Waals surface area contributed by atoms with E-state index in [4.69, 9.17) is 4.74 Å². The second-order valence-corrected chi connectivity index (χ2v) is 4.98. The van der Waals surface area contributed by atoms with Gasteiger partial charge >= 0.3 is 0 Å². The number of hydrogen-bond acceptors (Lipinski definition) is 2. The van der Waals surface area contributed by atoms with Crippen molar-refractivity contribution in [2.45, 2.75) is 51.7 Å². The number of aryl methyl sites for hydroxylation is 1. The number of ether oxygens (including phenoxy) is 1. The molecule has 2 rings (SSSR count). The molecule has 0 amide bonds. The SMILES string of the molecule is CCNC1CCCC(Oc2cccc(C)c2)C1. The molecule has 1 aromatic rings. The Kier molecular flexibility index (Phi) is 4.43. The van der Waals surface area contributed by atoms with Gasteiger partial charge in [-0.15, -0.1) is 0 Å². The van der Waals surface area contributed by atoms with Crippen molar-refractivity contribution in [2.75, 3.05) is 6.54 Å². The summed E-state index contributed by atoms with van der Waals surface area (Å²) < 4.78 is 6.07. The van der Waals surface area contributed by atoms with E-state index in [1.807, 2.05) is 0 Å². The highest BCUT2D eigenvalue weighted by Gasteiger charge is 2.22. The van der Waals surface area contributed by atoms with Gasteiger partial charge in [0.25, 0.3) is 0 Å². The lowest BCUT2D eigenvalue weighted by molar-refractivity contribution is 0.135. The summed E-state index contributed by atoms with van der Waals surface area (Å²) in [4.78, 5) is 0. The van der Waals surface area contributed by atoms with Gasteiger partial charge in [0.2, 0.25) is 0 Å². The Morgan fingerprint density at radius 2 is 2.24 bits per heavy atom. The van der Waals surface area contributed by atoms with E-state index >= 15 is 0 Å². The van der Waals surface area contributed by atoms with Gasteiger partial charge in [-0.2, -0.15) is 0 Å². The lowest BCUT2D eigenvalue weighted by atomic mass is 9.93. The normalized spacial score (nSPS) is 24.6. The first-order valence-corrected chi connectivity index (χ1v) is 6.74. The van der Waals surface area contributed by atoms with Crippen LogP contribution in [0, 0.1) is 6.92 Å². The molecule has 0 heterocycles. The molecule has 1 fully saturated rings. The second-order valence-electron chi connectivity index (χ2n) is 4.98. The minimum Gasteiger partial charge on any atom is -0.490 e. The molecule has 0 aromatic heterocycles. The Morgan fingerprint density at radius 3 is 3.00 bits per heavy atom. The predicted octanol–water partition coefficient (Wildman–Crippen LogP) is 3.29. The van der Waals surface area contributed by atoms with Gasteiger partial charge in [0.15, 0.2) is 0 Å². The second kappa shape index (κ2) is 6.06. The van der Waals surface area contributed by atoms with Gasteiger partial charge in [-0.05, 0) is 56.8 Å². The van der Waals surface area contributed by atoms with Crippen molar-refractivity contribution in [2.24, 2.45) is 0 Å². The van der Waals surface area contributed by atoms with Gasteiger partial charge < -0.3 is 10.1 Å². The number of hydrogen-bond donors (Lipinski definition) is 1. The molecule has 2 atom stereocenters. The lowest BCUT2D eigenvalue weighted by Crippen LogP contribution is -2.37. The Bertz CT molecular complexity index is 349. The summed E-state index contributed by atoms with van der Waals surface area (Å²) in [6, 6.07) is 8.99. The monoisotopic (exact) mass is 233 g/mol. The standard InChI is InChI=1S/C15H23NO/c1-3-16-13-7-5-9-15(11-13)17-14-8-4-6-12(2)10-14/h4,6,8,10,13,15-16H,3,5,7,9,11H2,1-2H3. The van der Waals surface area contributed by atoms with Crippen LogP contribution in [0.15, 0.2) is 24.3 Å². The fraction of sp³-hybridized carbons (Fsp3) is 0.600. The molecule has 1 saturated carbocycles. The van der Waals surface area contributed by atoms with E-state index in [2.05, 4.69) is 43.4 Å². The van der Waals surface area contributed by atoms with Crippen LogP contribution in [-0.2, 0) is 0 Å². The lowest BCUT2D eigenvalue weighted by Gasteiger charge is -2.30. The summed E-state index contributed by atoms with van der Waals surface area (Å²) >= 11 is 0. The Balaban J connectivity index is 1.90. The van der Waals surface area contributed by atoms with Crippen LogP contribution in [0.1, 0.15) is 38.2 Å². The molecule has 2 unspecified atom stereocenters. The first-order valence-electron chi connectivity index (χ1n) is 6.74. The molecule has 94 valence electrons. The van der Waals surface area contributed by atoms with Crippen molar-refractivity contribution < 1.29 is 4.74 Å². The Morgan fingerprint density at radius 1 is 1.35 bits per heavy atom. The molecule has 2 heteroatoms. The van der Waals surface area contributed by atoms with Crippen LogP contribution in [0.3, 0.4) is 0 Å². The Hall–Kier alpha value is -1.02. The third-order valence-electron chi connectivity index (χ3n) is 3.41. The molecule has 0 aliphatic heterocycles. The summed E-state index contributed by atoms with van der Waals surface area (Å²) in [5.41, 5.74) is 1.27. The van der Waals surface area contributed by atoms with Crippen molar-refractivity contribution in [3.05, 3.63) is 29.8 Å². The Labute approximate surface area is 104 Å². The summed E-state index contributed by atoms with van der Waals surface area (Å²) in [5, 5.41) is 3.53. The van der Waals surface area contributed by atoms with Gasteiger partial charge in [0, 0.05) is 6.04 Å². The molecule has 17 heavy (non-hydrogen) atoms. The van der Waals surface area contributed by atoms with Crippen LogP contribution in [0.4, 0.5) is 0 Å². The molecule has 1 aromatic carbocycles. The van der Waals surface area contributed by atoms with Crippen molar-refractivity contribution in [1.29, 1.82) is 0 Å². The van der Waals surface area contributed by atoms with Crippen molar-refractivity contribution in [1.82, 2.24) is 5.32 Å². The van der Waals surface area contributed by atoms with Crippen molar-refractivity contribution in [3.8, 4) is 5.75 Å². The van der Waals surface area contributed by atoms with Crippen molar-refractivity contribution >= 4 is 0 Å². The summed E-state index contributed by atoms with van der Waals surface area (Å²) in [7, 11) is 0. The quantitative estimate of drug-likeness (QED) is 0.861. The minimum atomic E-state index is 0.384. The number of nitrogens with one attached hydrogen (secondary N) is 1. The average Bonchev–Trinajstić information content (AvgIpc) is 2.30. The molecule has 1 N–H and O–H groups in total. The van der Waals surface area contributed by atoms with E-state index < -0.39 is 0 Å². The molecular formula is C15H23NO. The maximum Gasteiger partial charge on any atom is 0.119 e. The summed E-state index contributed by atoms with van der Waals surface area (Å²) in [6.07, 6.45) is 5.28. The molecule has 2 nitrogen and oxygen atoms in total. The van der Waals surface area contributed by atoms with Gasteiger partial charge in [0.1, 0.15) is 11.9 Å². The van der Waals surface area contributed by atoms with Crippen LogP contribution in [0.25, 0.3) is 0 Å². The van der Waals surface area contributed by atoms with Crippen molar-refractivity contribution in [3.63, 3.8) is 0 Å². The van der Waals surface area contributed by atoms with Crippen LogP contribution in [0.5, 0.6) is 5.75 Å². The fourth-order valence-electron chi connectivity index (χ4n) is 2.61. The first kappa shape index (κ1) is 12.4. The zero-order chi connectivity index (χ0) is 12.1. The fourth-order valence-corrected chi connectivity index (χ4v) is 2.61. The third kappa shape index (κ3) is 3.74. The van der Waals surface area contributed by atoms with E-state index in [0.717, 1.165) is 18.7 Å². The predicted molar refractivity (Wildman–Crippen MR) is 71.5 cm³/mol. The van der Waals surface area contributed by atoms with E-state index in [1.165, 1.54) is 24.8 Å². The number of benzene rings is 1. The van der Waals surface area contributed by atoms with E-state index in [-0.39, 0.29) is 0 Å². The average molecular weight is 233 g/mol. The molecule has 0 radical (unpaired) electrons. The van der Waals surface area contributed by atoms with Gasteiger partial charge in [-0.25, -0.2) is 0 Å². The zero-order valence-electron chi connectivity index (χ0n) is 10.9. The molecular weight excluding hydrogens is 210 g/mol. The molecule has 0 spiro atoms. The largest absolute Gasteiger partial charge is 0.490 e. The van der Waals surface area contributed by atoms with Crippen LogP contribution < -0.4 is 10.1 Å². The maximum absolute atomic E-state index is 6.07. The van der Waals surface area contributed by atoms with E-state index in [0.29, 0.717) is 12.1 Å². The minimum absolute atomic E-state index is 0.384. The van der Waals surface area contributed by atoms with Gasteiger partial charge in [-0.3, -0.25) is 0 Å². The van der Waals surface area contributed by atoms with Gasteiger partial charge in [0.05, 0.1) is 0 Å². The zero-order valence-corrected chi connectivity index (χ0v) is 10.9. The molecule has 1 aliphatic carbocycles. The van der Waals surface area contributed by atoms with Crippen LogP contribution >= 0.6 is 0 Å². The summed E-state index contributed by atoms with van der Waals surface area (Å²) in [5.74, 6) is 1.02.